The van der Waals surface area contributed by atoms with Crippen molar-refractivity contribution in [1.29, 1.82) is 0 Å². The van der Waals surface area contributed by atoms with E-state index in [0.29, 0.717) is 6.04 Å². The van der Waals surface area contributed by atoms with Crippen molar-refractivity contribution in [2.24, 2.45) is 0 Å². The molecule has 1 aromatic carbocycles. The van der Waals surface area contributed by atoms with Gasteiger partial charge in [-0.25, -0.2) is 4.98 Å². The van der Waals surface area contributed by atoms with Crippen LogP contribution in [0.4, 0.5) is 5.82 Å². The van der Waals surface area contributed by atoms with Crippen LogP contribution in [0.5, 0.6) is 0 Å². The van der Waals surface area contributed by atoms with Gasteiger partial charge >= 0.3 is 0 Å². The summed E-state index contributed by atoms with van der Waals surface area (Å²) in [5, 5.41) is 6.86. The Labute approximate surface area is 135 Å². The molecule has 6 nitrogen and oxygen atoms in total. The van der Waals surface area contributed by atoms with Crippen molar-refractivity contribution >= 4 is 5.82 Å². The zero-order valence-electron chi connectivity index (χ0n) is 13.1. The number of aryl methyl sites for hydroxylation is 1. The fourth-order valence-electron chi connectivity index (χ4n) is 3.35. The minimum Gasteiger partial charge on any atom is -0.362 e. The van der Waals surface area contributed by atoms with Gasteiger partial charge in [-0.2, -0.15) is 5.48 Å². The molecule has 0 amide bonds. The summed E-state index contributed by atoms with van der Waals surface area (Å²) in [7, 11) is 0. The Bertz CT molecular complexity index is 678. The Kier molecular flexibility index (Phi) is 3.95. The van der Waals surface area contributed by atoms with Gasteiger partial charge in [0, 0.05) is 12.4 Å². The van der Waals surface area contributed by atoms with Gasteiger partial charge in [-0.1, -0.05) is 18.2 Å². The van der Waals surface area contributed by atoms with Gasteiger partial charge in [-0.3, -0.25) is 15.1 Å². The fourth-order valence-corrected chi connectivity index (χ4v) is 3.35. The second kappa shape index (κ2) is 6.23. The van der Waals surface area contributed by atoms with Crippen LogP contribution >= 0.6 is 0 Å². The minimum atomic E-state index is 0.0297. The Hall–Kier alpha value is -2.02. The van der Waals surface area contributed by atoms with E-state index in [1.165, 1.54) is 23.1 Å². The van der Waals surface area contributed by atoms with Crippen LogP contribution in [-0.2, 0) is 11.3 Å². The third-order valence-electron chi connectivity index (χ3n) is 4.46. The molecule has 0 bridgehead atoms. The molecule has 2 aromatic rings. The van der Waals surface area contributed by atoms with Crippen molar-refractivity contribution in [2.45, 2.75) is 44.6 Å². The zero-order chi connectivity index (χ0) is 15.6. The minimum absolute atomic E-state index is 0.0297. The standard InChI is InChI=1S/C17H21N5O/c1-11-20-17(22-23-11)13-5-6-14-12(9-13)3-2-4-15(14)21-16-10-18-7-8-19-16/h5-11,15,17,20,22H,2-4H2,1H3,(H,19,21). The molecule has 2 aliphatic rings. The van der Waals surface area contributed by atoms with Gasteiger partial charge in [0.2, 0.25) is 0 Å². The van der Waals surface area contributed by atoms with Gasteiger partial charge < -0.3 is 5.32 Å². The summed E-state index contributed by atoms with van der Waals surface area (Å²) in [5.74, 6) is 0.829. The molecule has 6 heteroatoms. The molecule has 0 saturated carbocycles. The predicted octanol–water partition coefficient (Wildman–Crippen LogP) is 2.44. The van der Waals surface area contributed by atoms with Crippen LogP contribution in [0.1, 0.15) is 48.7 Å². The number of nitrogens with one attached hydrogen (secondary N) is 3. The highest BCUT2D eigenvalue weighted by molar-refractivity contribution is 5.42. The molecule has 1 aromatic heterocycles. The Morgan fingerprint density at radius 1 is 1.30 bits per heavy atom. The lowest BCUT2D eigenvalue weighted by molar-refractivity contribution is 0.0329. The Morgan fingerprint density at radius 3 is 3.04 bits per heavy atom. The molecule has 4 rings (SSSR count). The number of benzene rings is 1. The molecule has 3 unspecified atom stereocenters. The van der Waals surface area contributed by atoms with E-state index in [9.17, 15) is 0 Å². The van der Waals surface area contributed by atoms with Crippen molar-refractivity contribution in [3.05, 3.63) is 53.5 Å². The summed E-state index contributed by atoms with van der Waals surface area (Å²) in [6.45, 7) is 1.99. The first-order valence-electron chi connectivity index (χ1n) is 8.12. The van der Waals surface area contributed by atoms with E-state index >= 15 is 0 Å². The maximum atomic E-state index is 5.38. The lowest BCUT2D eigenvalue weighted by Gasteiger charge is -2.27. The summed E-state index contributed by atoms with van der Waals surface area (Å²) >= 11 is 0. The number of anilines is 1. The average Bonchev–Trinajstić information content (AvgIpc) is 3.02. The molecule has 2 heterocycles. The number of nitrogens with zero attached hydrogens (tertiary/aromatic N) is 2. The molecule has 120 valence electrons. The van der Waals surface area contributed by atoms with Gasteiger partial charge in [0.1, 0.15) is 18.2 Å². The predicted molar refractivity (Wildman–Crippen MR) is 87.3 cm³/mol. The number of hydroxylamine groups is 1. The molecule has 0 radical (unpaired) electrons. The second-order valence-electron chi connectivity index (χ2n) is 6.12. The molecule has 1 aliphatic heterocycles. The van der Waals surface area contributed by atoms with Crippen molar-refractivity contribution in [2.75, 3.05) is 5.32 Å². The fraction of sp³-hybridized carbons (Fsp3) is 0.412. The SMILES string of the molecule is CC1NC(c2ccc3c(c2)CCCC3Nc2cnccn2)NO1. The number of hydrogen-bond donors (Lipinski definition) is 3. The van der Waals surface area contributed by atoms with Crippen molar-refractivity contribution in [3.63, 3.8) is 0 Å². The molecule has 1 fully saturated rings. The van der Waals surface area contributed by atoms with Gasteiger partial charge in [0.15, 0.2) is 0 Å². The second-order valence-corrected chi connectivity index (χ2v) is 6.12. The van der Waals surface area contributed by atoms with Gasteiger partial charge in [-0.05, 0) is 42.9 Å². The first-order chi connectivity index (χ1) is 11.3. The lowest BCUT2D eigenvalue weighted by atomic mass is 9.86. The summed E-state index contributed by atoms with van der Waals surface area (Å²) < 4.78 is 0. The zero-order valence-corrected chi connectivity index (χ0v) is 13.1. The number of rotatable bonds is 3. The maximum Gasteiger partial charge on any atom is 0.144 e. The van der Waals surface area contributed by atoms with Gasteiger partial charge in [-0.15, -0.1) is 0 Å². The van der Waals surface area contributed by atoms with Crippen LogP contribution in [0.2, 0.25) is 0 Å². The summed E-state index contributed by atoms with van der Waals surface area (Å²) in [4.78, 5) is 13.8. The number of aromatic nitrogens is 2. The molecule has 1 aliphatic carbocycles. The van der Waals surface area contributed by atoms with Crippen LogP contribution in [0, 0.1) is 0 Å². The molecule has 3 atom stereocenters. The van der Waals surface area contributed by atoms with E-state index in [1.807, 2.05) is 6.92 Å². The molecule has 23 heavy (non-hydrogen) atoms. The summed E-state index contributed by atoms with van der Waals surface area (Å²) in [6, 6.07) is 6.97. The van der Waals surface area contributed by atoms with Gasteiger partial charge in [0.05, 0.1) is 12.2 Å². The lowest BCUT2D eigenvalue weighted by Crippen LogP contribution is -2.25. The molecule has 0 spiro atoms. The number of hydrogen-bond acceptors (Lipinski definition) is 6. The topological polar surface area (TPSA) is 71.1 Å². The first-order valence-corrected chi connectivity index (χ1v) is 8.12. The van der Waals surface area contributed by atoms with Crippen LogP contribution in [-0.4, -0.2) is 16.2 Å². The summed E-state index contributed by atoms with van der Waals surface area (Å²) in [6.07, 6.45) is 8.67. The van der Waals surface area contributed by atoms with Crippen LogP contribution in [0.25, 0.3) is 0 Å². The van der Waals surface area contributed by atoms with Crippen molar-refractivity contribution in [1.82, 2.24) is 20.8 Å². The highest BCUT2D eigenvalue weighted by atomic mass is 16.7. The van der Waals surface area contributed by atoms with E-state index in [0.717, 1.165) is 18.7 Å². The number of fused-ring (bicyclic) bond motifs is 1. The van der Waals surface area contributed by atoms with Crippen LogP contribution in [0.15, 0.2) is 36.8 Å². The van der Waals surface area contributed by atoms with Crippen LogP contribution < -0.4 is 16.1 Å². The Morgan fingerprint density at radius 2 is 2.26 bits per heavy atom. The van der Waals surface area contributed by atoms with Gasteiger partial charge in [0.25, 0.3) is 0 Å². The van der Waals surface area contributed by atoms with E-state index in [2.05, 4.69) is 44.3 Å². The maximum absolute atomic E-state index is 5.38. The van der Waals surface area contributed by atoms with Crippen molar-refractivity contribution < 1.29 is 4.84 Å². The quantitative estimate of drug-likeness (QED) is 0.809. The third kappa shape index (κ3) is 3.06. The molecular formula is C17H21N5O. The van der Waals surface area contributed by atoms with E-state index in [-0.39, 0.29) is 12.4 Å². The van der Waals surface area contributed by atoms with E-state index in [1.54, 1.807) is 18.6 Å². The molecule has 3 N–H and O–H groups in total. The van der Waals surface area contributed by atoms with Crippen LogP contribution in [0.3, 0.4) is 0 Å². The largest absolute Gasteiger partial charge is 0.362 e. The monoisotopic (exact) mass is 311 g/mol. The molecule has 1 saturated heterocycles. The smallest absolute Gasteiger partial charge is 0.144 e. The summed E-state index contributed by atoms with van der Waals surface area (Å²) in [5.41, 5.74) is 7.01. The average molecular weight is 311 g/mol. The third-order valence-corrected chi connectivity index (χ3v) is 4.46. The van der Waals surface area contributed by atoms with Crippen molar-refractivity contribution in [3.8, 4) is 0 Å². The Balaban J connectivity index is 1.56. The molecular weight excluding hydrogens is 290 g/mol. The van der Waals surface area contributed by atoms with E-state index in [4.69, 9.17) is 4.84 Å². The first kappa shape index (κ1) is 14.6. The highest BCUT2D eigenvalue weighted by Crippen LogP contribution is 2.33. The highest BCUT2D eigenvalue weighted by Gasteiger charge is 2.25. The normalized spacial score (nSPS) is 26.7. The van der Waals surface area contributed by atoms with E-state index < -0.39 is 0 Å².